The molecule has 1 fully saturated rings. The average Bonchev–Trinajstić information content (AvgIpc) is 2.68. The fourth-order valence-electron chi connectivity index (χ4n) is 2.90. The minimum absolute atomic E-state index is 0.773. The summed E-state index contributed by atoms with van der Waals surface area (Å²) >= 11 is 3.47. The Balaban J connectivity index is 1.89. The van der Waals surface area contributed by atoms with E-state index in [9.17, 15) is 0 Å². The largest absolute Gasteiger partial charge is 0.383 e. The van der Waals surface area contributed by atoms with Gasteiger partial charge in [-0.3, -0.25) is 4.40 Å². The van der Waals surface area contributed by atoms with E-state index in [2.05, 4.69) is 20.9 Å². The first kappa shape index (κ1) is 12.0. The summed E-state index contributed by atoms with van der Waals surface area (Å²) < 4.78 is 3.01. The Morgan fingerprint density at radius 1 is 1.28 bits per heavy atom. The molecule has 0 bridgehead atoms. The van der Waals surface area contributed by atoms with Crippen LogP contribution in [-0.4, -0.2) is 9.38 Å². The highest BCUT2D eigenvalue weighted by atomic mass is 79.9. The maximum absolute atomic E-state index is 6.20. The molecule has 4 heteroatoms. The summed E-state index contributed by atoms with van der Waals surface area (Å²) in [5.74, 6) is 1.58. The van der Waals surface area contributed by atoms with E-state index in [4.69, 9.17) is 5.73 Å². The molecular weight excluding hydrogens is 290 g/mol. The Kier molecular flexibility index (Phi) is 3.29. The smallest absolute Gasteiger partial charge is 0.138 e. The first-order chi connectivity index (χ1) is 8.74. The SMILES string of the molecule is Nc1c(CC2CCCCC2)nc2ccc(Br)cn12. The van der Waals surface area contributed by atoms with Crippen LogP contribution in [-0.2, 0) is 6.42 Å². The highest BCUT2D eigenvalue weighted by molar-refractivity contribution is 9.10. The van der Waals surface area contributed by atoms with E-state index in [0.29, 0.717) is 0 Å². The van der Waals surface area contributed by atoms with Crippen molar-refractivity contribution in [3.05, 3.63) is 28.5 Å². The predicted octanol–water partition coefficient (Wildman–Crippen LogP) is 3.80. The van der Waals surface area contributed by atoms with Crippen molar-refractivity contribution >= 4 is 27.4 Å². The van der Waals surface area contributed by atoms with Crippen LogP contribution in [0.3, 0.4) is 0 Å². The van der Waals surface area contributed by atoms with Crippen molar-refractivity contribution < 1.29 is 0 Å². The number of pyridine rings is 1. The molecular formula is C14H18BrN3. The highest BCUT2D eigenvalue weighted by Crippen LogP contribution is 2.29. The minimum Gasteiger partial charge on any atom is -0.383 e. The van der Waals surface area contributed by atoms with Gasteiger partial charge in [0.2, 0.25) is 0 Å². The summed E-state index contributed by atoms with van der Waals surface area (Å²) in [5.41, 5.74) is 8.22. The molecule has 0 unspecified atom stereocenters. The van der Waals surface area contributed by atoms with Gasteiger partial charge < -0.3 is 5.73 Å². The van der Waals surface area contributed by atoms with Crippen molar-refractivity contribution in [2.24, 2.45) is 5.92 Å². The van der Waals surface area contributed by atoms with Crippen molar-refractivity contribution in [2.75, 3.05) is 5.73 Å². The molecule has 2 heterocycles. The standard InChI is InChI=1S/C14H18BrN3/c15-11-6-7-13-17-12(14(16)18(13)9-11)8-10-4-2-1-3-5-10/h6-7,9-10H,1-5,8,16H2. The zero-order valence-electron chi connectivity index (χ0n) is 10.4. The van der Waals surface area contributed by atoms with E-state index in [1.54, 1.807) is 0 Å². The normalized spacial score (nSPS) is 17.4. The van der Waals surface area contributed by atoms with Crippen LogP contribution in [0, 0.1) is 5.92 Å². The van der Waals surface area contributed by atoms with E-state index < -0.39 is 0 Å². The van der Waals surface area contributed by atoms with Gasteiger partial charge in [0.25, 0.3) is 0 Å². The maximum Gasteiger partial charge on any atom is 0.138 e. The third-order valence-corrected chi connectivity index (χ3v) is 4.37. The van der Waals surface area contributed by atoms with Gasteiger partial charge in [0.15, 0.2) is 0 Å². The molecule has 0 aromatic carbocycles. The molecule has 96 valence electrons. The van der Waals surface area contributed by atoms with Gasteiger partial charge in [-0.25, -0.2) is 4.98 Å². The second kappa shape index (κ2) is 4.92. The van der Waals surface area contributed by atoms with Crippen LogP contribution in [0.15, 0.2) is 22.8 Å². The second-order valence-electron chi connectivity index (χ2n) is 5.23. The number of halogens is 1. The molecule has 2 aromatic heterocycles. The fourth-order valence-corrected chi connectivity index (χ4v) is 3.24. The molecule has 2 N–H and O–H groups in total. The van der Waals surface area contributed by atoms with Gasteiger partial charge >= 0.3 is 0 Å². The number of fused-ring (bicyclic) bond motifs is 1. The van der Waals surface area contributed by atoms with E-state index in [0.717, 1.165) is 34.0 Å². The van der Waals surface area contributed by atoms with Crippen LogP contribution >= 0.6 is 15.9 Å². The van der Waals surface area contributed by atoms with Gasteiger partial charge in [0.05, 0.1) is 5.69 Å². The van der Waals surface area contributed by atoms with Crippen molar-refractivity contribution in [1.29, 1.82) is 0 Å². The number of rotatable bonds is 2. The Hall–Kier alpha value is -1.03. The van der Waals surface area contributed by atoms with Gasteiger partial charge in [-0.1, -0.05) is 32.1 Å². The maximum atomic E-state index is 6.20. The second-order valence-corrected chi connectivity index (χ2v) is 6.14. The number of hydrogen-bond acceptors (Lipinski definition) is 2. The third-order valence-electron chi connectivity index (χ3n) is 3.90. The first-order valence-corrected chi connectivity index (χ1v) is 7.45. The summed E-state index contributed by atoms with van der Waals surface area (Å²) in [5, 5.41) is 0. The fraction of sp³-hybridized carbons (Fsp3) is 0.500. The van der Waals surface area contributed by atoms with E-state index in [-0.39, 0.29) is 0 Å². The van der Waals surface area contributed by atoms with Crippen LogP contribution in [0.2, 0.25) is 0 Å². The van der Waals surface area contributed by atoms with E-state index in [1.165, 1.54) is 32.1 Å². The Morgan fingerprint density at radius 3 is 2.83 bits per heavy atom. The van der Waals surface area contributed by atoms with Gasteiger partial charge in [0, 0.05) is 10.7 Å². The summed E-state index contributed by atoms with van der Waals surface area (Å²) in [6.45, 7) is 0. The number of imidazole rings is 1. The van der Waals surface area contributed by atoms with Crippen LogP contribution < -0.4 is 5.73 Å². The monoisotopic (exact) mass is 307 g/mol. The molecule has 3 nitrogen and oxygen atoms in total. The summed E-state index contributed by atoms with van der Waals surface area (Å²) in [4.78, 5) is 4.66. The quantitative estimate of drug-likeness (QED) is 0.917. The lowest BCUT2D eigenvalue weighted by atomic mass is 9.86. The number of nitrogen functional groups attached to an aromatic ring is 1. The summed E-state index contributed by atoms with van der Waals surface area (Å²) in [6.07, 6.45) is 9.80. The number of anilines is 1. The molecule has 0 spiro atoms. The third kappa shape index (κ3) is 2.26. The summed E-state index contributed by atoms with van der Waals surface area (Å²) in [7, 11) is 0. The van der Waals surface area contributed by atoms with Gasteiger partial charge in [-0.05, 0) is 40.4 Å². The minimum atomic E-state index is 0.773. The zero-order valence-corrected chi connectivity index (χ0v) is 12.0. The van der Waals surface area contributed by atoms with Crippen molar-refractivity contribution in [3.8, 4) is 0 Å². The number of nitrogens with two attached hydrogens (primary N) is 1. The molecule has 0 saturated heterocycles. The highest BCUT2D eigenvalue weighted by Gasteiger charge is 2.18. The lowest BCUT2D eigenvalue weighted by Gasteiger charge is -2.20. The molecule has 0 aliphatic heterocycles. The molecule has 0 radical (unpaired) electrons. The van der Waals surface area contributed by atoms with Crippen LogP contribution in [0.1, 0.15) is 37.8 Å². The number of nitrogens with zero attached hydrogens (tertiary/aromatic N) is 2. The molecule has 3 rings (SSSR count). The molecule has 1 aliphatic rings. The summed E-state index contributed by atoms with van der Waals surface area (Å²) in [6, 6.07) is 4.01. The predicted molar refractivity (Wildman–Crippen MR) is 77.6 cm³/mol. The number of aromatic nitrogens is 2. The van der Waals surface area contributed by atoms with Crippen molar-refractivity contribution in [3.63, 3.8) is 0 Å². The van der Waals surface area contributed by atoms with Gasteiger partial charge in [-0.15, -0.1) is 0 Å². The molecule has 1 saturated carbocycles. The lowest BCUT2D eigenvalue weighted by molar-refractivity contribution is 0.355. The Bertz CT molecular complexity index is 555. The van der Waals surface area contributed by atoms with Crippen LogP contribution in [0.4, 0.5) is 5.82 Å². The first-order valence-electron chi connectivity index (χ1n) is 6.66. The number of hydrogen-bond donors (Lipinski definition) is 1. The molecule has 0 atom stereocenters. The average molecular weight is 308 g/mol. The molecule has 0 amide bonds. The molecule has 2 aromatic rings. The molecule has 18 heavy (non-hydrogen) atoms. The van der Waals surface area contributed by atoms with Gasteiger partial charge in [0.1, 0.15) is 11.5 Å². The van der Waals surface area contributed by atoms with Crippen molar-refractivity contribution in [2.45, 2.75) is 38.5 Å². The Morgan fingerprint density at radius 2 is 2.06 bits per heavy atom. The van der Waals surface area contributed by atoms with Crippen molar-refractivity contribution in [1.82, 2.24) is 9.38 Å². The molecule has 1 aliphatic carbocycles. The van der Waals surface area contributed by atoms with E-state index >= 15 is 0 Å². The Labute approximate surface area is 116 Å². The van der Waals surface area contributed by atoms with Crippen LogP contribution in [0.5, 0.6) is 0 Å². The van der Waals surface area contributed by atoms with Crippen LogP contribution in [0.25, 0.3) is 5.65 Å². The lowest BCUT2D eigenvalue weighted by Crippen LogP contribution is -2.10. The topological polar surface area (TPSA) is 43.3 Å². The van der Waals surface area contributed by atoms with Gasteiger partial charge in [-0.2, -0.15) is 0 Å². The zero-order chi connectivity index (χ0) is 12.5. The van der Waals surface area contributed by atoms with E-state index in [1.807, 2.05) is 22.7 Å².